The Hall–Kier alpha value is -1.52. The van der Waals surface area contributed by atoms with Crippen LogP contribution >= 0.6 is 22.3 Å². The summed E-state index contributed by atoms with van der Waals surface area (Å²) in [4.78, 5) is 30.3. The fraction of sp³-hybridized carbons (Fsp3) is 0.444. The van der Waals surface area contributed by atoms with Gasteiger partial charge in [0, 0.05) is 29.6 Å². The van der Waals surface area contributed by atoms with E-state index in [0.717, 1.165) is 11.1 Å². The summed E-state index contributed by atoms with van der Waals surface area (Å²) in [6.07, 6.45) is 0.800. The summed E-state index contributed by atoms with van der Waals surface area (Å²) in [5.74, 6) is -1.70. The number of hydrogen-bond acceptors (Lipinski definition) is 7. The van der Waals surface area contributed by atoms with E-state index >= 15 is 0 Å². The highest BCUT2D eigenvalue weighted by atomic mass is 35.7. The lowest BCUT2D eigenvalue weighted by Crippen LogP contribution is -2.27. The second kappa shape index (κ2) is 5.70. The number of hydrogen-bond donors (Lipinski definition) is 0. The van der Waals surface area contributed by atoms with Crippen LogP contribution in [0.5, 0.6) is 0 Å². The normalized spacial score (nSPS) is 19.0. The molecule has 12 heteroatoms. The van der Waals surface area contributed by atoms with E-state index in [4.69, 9.17) is 22.3 Å². The fourth-order valence-electron chi connectivity index (χ4n) is 2.05. The summed E-state index contributed by atoms with van der Waals surface area (Å²) in [5.41, 5.74) is -0.484. The van der Waals surface area contributed by atoms with Gasteiger partial charge in [0.1, 0.15) is 6.20 Å². The smallest absolute Gasteiger partial charge is 0.291 e. The van der Waals surface area contributed by atoms with E-state index in [1.54, 1.807) is 0 Å². The van der Waals surface area contributed by atoms with Gasteiger partial charge < -0.3 is 0 Å². The second-order valence-corrected chi connectivity index (χ2v) is 7.54. The molecule has 1 fully saturated rings. The molecule has 0 saturated carbocycles. The number of anilines is 1. The Morgan fingerprint density at radius 1 is 1.52 bits per heavy atom. The molecule has 21 heavy (non-hydrogen) atoms. The van der Waals surface area contributed by atoms with Crippen LogP contribution in [0.25, 0.3) is 0 Å². The van der Waals surface area contributed by atoms with Gasteiger partial charge in [0.25, 0.3) is 0 Å². The van der Waals surface area contributed by atoms with Crippen molar-refractivity contribution in [2.24, 2.45) is 5.92 Å². The zero-order chi connectivity index (χ0) is 15.8. The van der Waals surface area contributed by atoms with Crippen molar-refractivity contribution < 1.29 is 18.1 Å². The third-order valence-corrected chi connectivity index (χ3v) is 4.24. The van der Waals surface area contributed by atoms with Gasteiger partial charge in [-0.25, -0.2) is 13.4 Å². The molecule has 2 rings (SSSR count). The van der Waals surface area contributed by atoms with Crippen LogP contribution in [0.15, 0.2) is 6.20 Å². The molecule has 0 N–H and O–H groups in total. The van der Waals surface area contributed by atoms with Gasteiger partial charge in [-0.3, -0.25) is 19.8 Å². The van der Waals surface area contributed by atoms with Gasteiger partial charge in [0.15, 0.2) is 0 Å². The highest BCUT2D eigenvalue weighted by Crippen LogP contribution is 2.32. The minimum atomic E-state index is -3.77. The number of carbonyl (C=O) groups is 1. The number of amides is 1. The zero-order valence-corrected chi connectivity index (χ0v) is 12.6. The van der Waals surface area contributed by atoms with Gasteiger partial charge in [0.05, 0.1) is 10.7 Å². The quantitative estimate of drug-likeness (QED) is 0.341. The molecule has 1 amide bonds. The molecule has 0 bridgehead atoms. The third kappa shape index (κ3) is 3.77. The summed E-state index contributed by atoms with van der Waals surface area (Å²) in [7, 11) is 1.38. The maximum Gasteiger partial charge on any atom is 0.330 e. The largest absolute Gasteiger partial charge is 0.330 e. The molecule has 114 valence electrons. The standard InChI is InChI=1S/C9H8Cl2N4O5S/c10-9-12-2-6(15(17)18)8(13-9)14-3-5(1-7(14)16)4-21(11,19)20/h2,5H,1,3-4H2. The molecule has 1 aliphatic rings. The van der Waals surface area contributed by atoms with E-state index in [9.17, 15) is 23.3 Å². The second-order valence-electron chi connectivity index (χ2n) is 4.38. The van der Waals surface area contributed by atoms with E-state index in [-0.39, 0.29) is 24.1 Å². The first-order valence-corrected chi connectivity index (χ1v) is 8.42. The predicted molar refractivity (Wildman–Crippen MR) is 73.8 cm³/mol. The van der Waals surface area contributed by atoms with Crippen LogP contribution in [-0.2, 0) is 13.8 Å². The first kappa shape index (κ1) is 15.9. The Labute approximate surface area is 128 Å². The van der Waals surface area contributed by atoms with Crippen LogP contribution in [-0.4, -0.2) is 41.5 Å². The Balaban J connectivity index is 2.33. The molecule has 1 aliphatic heterocycles. The molecular weight excluding hydrogens is 347 g/mol. The van der Waals surface area contributed by atoms with E-state index < -0.39 is 37.2 Å². The van der Waals surface area contributed by atoms with Crippen molar-refractivity contribution in [3.05, 3.63) is 21.6 Å². The Kier molecular flexibility index (Phi) is 4.30. The summed E-state index contributed by atoms with van der Waals surface area (Å²) in [5, 5.41) is 10.7. The molecule has 1 aromatic heterocycles. The zero-order valence-electron chi connectivity index (χ0n) is 10.3. The lowest BCUT2D eigenvalue weighted by atomic mass is 10.1. The molecule has 0 radical (unpaired) electrons. The van der Waals surface area contributed by atoms with Crippen molar-refractivity contribution in [1.82, 2.24) is 9.97 Å². The maximum atomic E-state index is 11.9. The van der Waals surface area contributed by atoms with Gasteiger partial charge in [-0.2, -0.15) is 4.98 Å². The Morgan fingerprint density at radius 3 is 2.76 bits per heavy atom. The lowest BCUT2D eigenvalue weighted by Gasteiger charge is -2.15. The summed E-state index contributed by atoms with van der Waals surface area (Å²) in [6.45, 7) is -0.0427. The van der Waals surface area contributed by atoms with E-state index in [0.29, 0.717) is 0 Å². The van der Waals surface area contributed by atoms with E-state index in [2.05, 4.69) is 9.97 Å². The number of halogens is 2. The maximum absolute atomic E-state index is 11.9. The molecule has 1 atom stereocenters. The summed E-state index contributed by atoms with van der Waals surface area (Å²) < 4.78 is 22.1. The first-order chi connectivity index (χ1) is 9.67. The van der Waals surface area contributed by atoms with Crippen LogP contribution in [0.2, 0.25) is 5.28 Å². The van der Waals surface area contributed by atoms with Crippen LogP contribution in [0.3, 0.4) is 0 Å². The Morgan fingerprint density at radius 2 is 2.19 bits per heavy atom. The molecule has 9 nitrogen and oxygen atoms in total. The predicted octanol–water partition coefficient (Wildman–Crippen LogP) is 0.960. The van der Waals surface area contributed by atoms with Crippen molar-refractivity contribution >= 4 is 48.7 Å². The van der Waals surface area contributed by atoms with Crippen molar-refractivity contribution in [3.8, 4) is 0 Å². The van der Waals surface area contributed by atoms with Crippen LogP contribution in [0.1, 0.15) is 6.42 Å². The average molecular weight is 355 g/mol. The fourth-order valence-corrected chi connectivity index (χ4v) is 3.50. The molecule has 1 aromatic rings. The van der Waals surface area contributed by atoms with Gasteiger partial charge in [-0.1, -0.05) is 0 Å². The average Bonchev–Trinajstić information content (AvgIpc) is 2.66. The minimum absolute atomic E-state index is 0.0427. The van der Waals surface area contributed by atoms with Crippen molar-refractivity contribution in [1.29, 1.82) is 0 Å². The van der Waals surface area contributed by atoms with Gasteiger partial charge in [0.2, 0.25) is 26.1 Å². The van der Waals surface area contributed by atoms with Gasteiger partial charge in [-0.15, -0.1) is 0 Å². The highest BCUT2D eigenvalue weighted by molar-refractivity contribution is 8.13. The molecule has 2 heterocycles. The number of nitrogens with zero attached hydrogens (tertiary/aromatic N) is 4. The molecule has 1 saturated heterocycles. The van der Waals surface area contributed by atoms with E-state index in [1.165, 1.54) is 0 Å². The number of aromatic nitrogens is 2. The minimum Gasteiger partial charge on any atom is -0.291 e. The first-order valence-electron chi connectivity index (χ1n) is 5.57. The Bertz CT molecular complexity index is 710. The molecule has 0 spiro atoms. The number of carbonyl (C=O) groups excluding carboxylic acids is 1. The highest BCUT2D eigenvalue weighted by Gasteiger charge is 2.37. The number of nitro groups is 1. The topological polar surface area (TPSA) is 123 Å². The molecule has 1 unspecified atom stereocenters. The lowest BCUT2D eigenvalue weighted by molar-refractivity contribution is -0.384. The van der Waals surface area contributed by atoms with Crippen molar-refractivity contribution in [2.45, 2.75) is 6.42 Å². The molecular formula is C9H8Cl2N4O5S. The summed E-state index contributed by atoms with van der Waals surface area (Å²) >= 11 is 5.59. The van der Waals surface area contributed by atoms with Gasteiger partial charge >= 0.3 is 5.69 Å². The SMILES string of the molecule is O=C1CC(CS(=O)(=O)Cl)CN1c1nc(Cl)ncc1[N+](=O)[O-]. The van der Waals surface area contributed by atoms with Crippen LogP contribution < -0.4 is 4.90 Å². The monoisotopic (exact) mass is 354 g/mol. The van der Waals surface area contributed by atoms with Crippen LogP contribution in [0, 0.1) is 16.0 Å². The van der Waals surface area contributed by atoms with Crippen LogP contribution in [0.4, 0.5) is 11.5 Å². The van der Waals surface area contributed by atoms with Gasteiger partial charge in [-0.05, 0) is 11.6 Å². The van der Waals surface area contributed by atoms with Crippen molar-refractivity contribution in [3.63, 3.8) is 0 Å². The van der Waals surface area contributed by atoms with Crippen molar-refractivity contribution in [2.75, 3.05) is 17.2 Å². The molecule has 0 aliphatic carbocycles. The third-order valence-electron chi connectivity index (χ3n) is 2.81. The summed E-state index contributed by atoms with van der Waals surface area (Å²) in [6, 6.07) is 0. The molecule has 0 aromatic carbocycles. The van der Waals surface area contributed by atoms with E-state index in [1.807, 2.05) is 0 Å². The number of rotatable bonds is 4.